The van der Waals surface area contributed by atoms with E-state index in [0.29, 0.717) is 18.2 Å². The van der Waals surface area contributed by atoms with Gasteiger partial charge in [0.2, 0.25) is 0 Å². The third kappa shape index (κ3) is 4.90. The van der Waals surface area contributed by atoms with Gasteiger partial charge < -0.3 is 19.9 Å². The Bertz CT molecular complexity index is 728. The Balaban J connectivity index is 1.51. The van der Waals surface area contributed by atoms with Gasteiger partial charge in [0.25, 0.3) is 5.91 Å². The Kier molecular flexibility index (Phi) is 6.36. The summed E-state index contributed by atoms with van der Waals surface area (Å²) in [6, 6.07) is 15.3. The van der Waals surface area contributed by atoms with Gasteiger partial charge in [-0.15, -0.1) is 0 Å². The zero-order valence-corrected chi connectivity index (χ0v) is 15.8. The lowest BCUT2D eigenvalue weighted by Crippen LogP contribution is -3.15. The molecule has 2 aromatic carbocycles. The molecule has 0 aliphatic carbocycles. The van der Waals surface area contributed by atoms with Gasteiger partial charge in [0.15, 0.2) is 6.54 Å². The molecule has 3 rings (SSSR count). The molecule has 6 heteroatoms. The lowest BCUT2D eigenvalue weighted by molar-refractivity contribution is -0.892. The highest BCUT2D eigenvalue weighted by Gasteiger charge is 2.24. The SMILES string of the molecule is CCOc1ccccc1N1CC[NH+](CC(=O)Nc2ccc(Cl)cc2)CC1. The van der Waals surface area contributed by atoms with Gasteiger partial charge in [0, 0.05) is 10.7 Å². The van der Waals surface area contributed by atoms with Crippen LogP contribution < -0.4 is 19.9 Å². The number of nitrogens with zero attached hydrogens (tertiary/aromatic N) is 1. The zero-order chi connectivity index (χ0) is 18.4. The molecule has 2 aromatic rings. The third-order valence-corrected chi connectivity index (χ3v) is 4.77. The molecular formula is C20H25ClN3O2+. The monoisotopic (exact) mass is 374 g/mol. The predicted molar refractivity (Wildman–Crippen MR) is 105 cm³/mol. The Morgan fingerprint density at radius 1 is 1.15 bits per heavy atom. The average molecular weight is 375 g/mol. The van der Waals surface area contributed by atoms with Gasteiger partial charge >= 0.3 is 0 Å². The van der Waals surface area contributed by atoms with E-state index in [1.165, 1.54) is 4.90 Å². The van der Waals surface area contributed by atoms with Crippen molar-refractivity contribution < 1.29 is 14.4 Å². The molecule has 0 unspecified atom stereocenters. The second kappa shape index (κ2) is 8.92. The molecule has 0 bridgehead atoms. The Hall–Kier alpha value is -2.24. The molecule has 138 valence electrons. The van der Waals surface area contributed by atoms with Crippen molar-refractivity contribution >= 4 is 28.9 Å². The minimum absolute atomic E-state index is 0.0329. The highest BCUT2D eigenvalue weighted by Crippen LogP contribution is 2.27. The summed E-state index contributed by atoms with van der Waals surface area (Å²) in [4.78, 5) is 15.9. The number of amides is 1. The molecule has 0 saturated carbocycles. The van der Waals surface area contributed by atoms with E-state index < -0.39 is 0 Å². The number of para-hydroxylation sites is 2. The van der Waals surface area contributed by atoms with Crippen molar-refractivity contribution in [3.8, 4) is 5.75 Å². The minimum Gasteiger partial charge on any atom is -0.492 e. The van der Waals surface area contributed by atoms with E-state index in [1.807, 2.05) is 37.3 Å². The van der Waals surface area contributed by atoms with E-state index in [2.05, 4.69) is 16.3 Å². The van der Waals surface area contributed by atoms with E-state index in [-0.39, 0.29) is 5.91 Å². The molecule has 1 heterocycles. The maximum absolute atomic E-state index is 12.3. The van der Waals surface area contributed by atoms with Crippen LogP contribution in [0.2, 0.25) is 5.02 Å². The molecule has 1 fully saturated rings. The highest BCUT2D eigenvalue weighted by atomic mass is 35.5. The predicted octanol–water partition coefficient (Wildman–Crippen LogP) is 2.08. The number of carbonyl (C=O) groups is 1. The molecule has 5 nitrogen and oxygen atoms in total. The fourth-order valence-electron chi connectivity index (χ4n) is 3.20. The number of anilines is 2. The minimum atomic E-state index is 0.0329. The topological polar surface area (TPSA) is 46.0 Å². The summed E-state index contributed by atoms with van der Waals surface area (Å²) in [5, 5.41) is 3.60. The first-order valence-electron chi connectivity index (χ1n) is 9.01. The second-order valence-electron chi connectivity index (χ2n) is 6.37. The zero-order valence-electron chi connectivity index (χ0n) is 15.0. The van der Waals surface area contributed by atoms with Gasteiger partial charge in [-0.2, -0.15) is 0 Å². The van der Waals surface area contributed by atoms with E-state index in [0.717, 1.165) is 43.3 Å². The Morgan fingerprint density at radius 3 is 2.54 bits per heavy atom. The molecule has 0 atom stereocenters. The van der Waals surface area contributed by atoms with Crippen LogP contribution in [0.4, 0.5) is 11.4 Å². The molecule has 1 aliphatic heterocycles. The molecule has 0 radical (unpaired) electrons. The summed E-state index contributed by atoms with van der Waals surface area (Å²) in [6.07, 6.45) is 0. The maximum Gasteiger partial charge on any atom is 0.279 e. The number of rotatable bonds is 6. The van der Waals surface area contributed by atoms with Crippen molar-refractivity contribution in [2.45, 2.75) is 6.92 Å². The van der Waals surface area contributed by atoms with E-state index in [9.17, 15) is 4.79 Å². The smallest absolute Gasteiger partial charge is 0.279 e. The molecule has 1 saturated heterocycles. The van der Waals surface area contributed by atoms with Crippen molar-refractivity contribution in [3.63, 3.8) is 0 Å². The number of quaternary nitrogens is 1. The first kappa shape index (κ1) is 18.5. The maximum atomic E-state index is 12.3. The largest absolute Gasteiger partial charge is 0.492 e. The van der Waals surface area contributed by atoms with E-state index in [1.54, 1.807) is 12.1 Å². The van der Waals surface area contributed by atoms with Crippen molar-refractivity contribution in [3.05, 3.63) is 53.6 Å². The first-order chi connectivity index (χ1) is 12.7. The molecule has 1 amide bonds. The molecular weight excluding hydrogens is 350 g/mol. The number of carbonyl (C=O) groups excluding carboxylic acids is 1. The van der Waals surface area contributed by atoms with Crippen molar-refractivity contribution in [2.24, 2.45) is 0 Å². The molecule has 0 aromatic heterocycles. The number of nitrogens with one attached hydrogen (secondary N) is 2. The van der Waals surface area contributed by atoms with Gasteiger partial charge in [0.05, 0.1) is 38.5 Å². The number of piperazine rings is 1. The van der Waals surface area contributed by atoms with Crippen LogP contribution in [0.1, 0.15) is 6.92 Å². The quantitative estimate of drug-likeness (QED) is 0.813. The Morgan fingerprint density at radius 2 is 1.85 bits per heavy atom. The van der Waals surface area contributed by atoms with Crippen LogP contribution in [-0.4, -0.2) is 45.2 Å². The summed E-state index contributed by atoms with van der Waals surface area (Å²) in [7, 11) is 0. The summed E-state index contributed by atoms with van der Waals surface area (Å²) in [6.45, 7) is 6.80. The average Bonchev–Trinajstić information content (AvgIpc) is 2.65. The van der Waals surface area contributed by atoms with Gasteiger partial charge in [-0.05, 0) is 43.3 Å². The van der Waals surface area contributed by atoms with Crippen LogP contribution in [0.25, 0.3) is 0 Å². The van der Waals surface area contributed by atoms with E-state index >= 15 is 0 Å². The highest BCUT2D eigenvalue weighted by molar-refractivity contribution is 6.30. The van der Waals surface area contributed by atoms with Gasteiger partial charge in [-0.3, -0.25) is 4.79 Å². The van der Waals surface area contributed by atoms with Crippen molar-refractivity contribution in [2.75, 3.05) is 49.5 Å². The lowest BCUT2D eigenvalue weighted by atomic mass is 10.2. The Labute approximate surface area is 159 Å². The number of benzene rings is 2. The number of hydrogen-bond acceptors (Lipinski definition) is 3. The number of hydrogen-bond donors (Lipinski definition) is 2. The van der Waals surface area contributed by atoms with Crippen LogP contribution >= 0.6 is 11.6 Å². The normalized spacial score (nSPS) is 14.9. The third-order valence-electron chi connectivity index (χ3n) is 4.51. The summed E-state index contributed by atoms with van der Waals surface area (Å²) in [5.41, 5.74) is 1.92. The summed E-state index contributed by atoms with van der Waals surface area (Å²) in [5.74, 6) is 0.962. The summed E-state index contributed by atoms with van der Waals surface area (Å²) < 4.78 is 5.73. The van der Waals surface area contributed by atoms with Gasteiger partial charge in [-0.25, -0.2) is 0 Å². The fraction of sp³-hybridized carbons (Fsp3) is 0.350. The fourth-order valence-corrected chi connectivity index (χ4v) is 3.33. The molecule has 1 aliphatic rings. The van der Waals surface area contributed by atoms with Crippen molar-refractivity contribution in [1.29, 1.82) is 0 Å². The van der Waals surface area contributed by atoms with Crippen LogP contribution in [-0.2, 0) is 4.79 Å². The van der Waals surface area contributed by atoms with Crippen molar-refractivity contribution in [1.82, 2.24) is 0 Å². The standard InChI is InChI=1S/C20H24ClN3O2/c1-2-26-19-6-4-3-5-18(19)24-13-11-23(12-14-24)15-20(25)22-17-9-7-16(21)8-10-17/h3-10H,2,11-15H2,1H3,(H,22,25)/p+1. The van der Waals surface area contributed by atoms with Crippen LogP contribution in [0.5, 0.6) is 5.75 Å². The van der Waals surface area contributed by atoms with Gasteiger partial charge in [0.1, 0.15) is 5.75 Å². The molecule has 0 spiro atoms. The number of halogens is 1. The van der Waals surface area contributed by atoms with Crippen LogP contribution in [0, 0.1) is 0 Å². The van der Waals surface area contributed by atoms with Gasteiger partial charge in [-0.1, -0.05) is 23.7 Å². The van der Waals surface area contributed by atoms with Crippen LogP contribution in [0.3, 0.4) is 0 Å². The van der Waals surface area contributed by atoms with Crippen LogP contribution in [0.15, 0.2) is 48.5 Å². The lowest BCUT2D eigenvalue weighted by Gasteiger charge is -2.34. The molecule has 26 heavy (non-hydrogen) atoms. The second-order valence-corrected chi connectivity index (χ2v) is 6.81. The van der Waals surface area contributed by atoms with E-state index in [4.69, 9.17) is 16.3 Å². The first-order valence-corrected chi connectivity index (χ1v) is 9.39. The molecule has 2 N–H and O–H groups in total. The summed E-state index contributed by atoms with van der Waals surface area (Å²) >= 11 is 5.87. The number of ether oxygens (including phenoxy) is 1.